The first-order valence-corrected chi connectivity index (χ1v) is 12.4. The molecule has 0 aromatic heterocycles. The summed E-state index contributed by atoms with van der Waals surface area (Å²) in [6.07, 6.45) is 3.89. The summed E-state index contributed by atoms with van der Waals surface area (Å²) in [4.78, 5) is 29.8. The van der Waals surface area contributed by atoms with Gasteiger partial charge < -0.3 is 15.1 Å². The molecule has 5 nitrogen and oxygen atoms in total. The third-order valence-corrected chi connectivity index (χ3v) is 6.36. The van der Waals surface area contributed by atoms with Gasteiger partial charge >= 0.3 is 0 Å². The van der Waals surface area contributed by atoms with Crippen LogP contribution in [0.1, 0.15) is 40.7 Å². The minimum absolute atomic E-state index is 0.0781. The lowest BCUT2D eigenvalue weighted by atomic mass is 10.1. The van der Waals surface area contributed by atoms with E-state index in [1.165, 1.54) is 54.5 Å². The maximum Gasteiger partial charge on any atom is 0.258 e. The van der Waals surface area contributed by atoms with Crippen LogP contribution in [0.15, 0.2) is 72.8 Å². The van der Waals surface area contributed by atoms with E-state index in [1.807, 2.05) is 6.07 Å². The minimum atomic E-state index is -0.502. The lowest BCUT2D eigenvalue weighted by Gasteiger charge is -2.26. The summed E-state index contributed by atoms with van der Waals surface area (Å²) in [7, 11) is 0. The van der Waals surface area contributed by atoms with Gasteiger partial charge in [0.15, 0.2) is 0 Å². The lowest BCUT2D eigenvalue weighted by molar-refractivity contribution is -0.120. The molecule has 0 saturated carbocycles. The third kappa shape index (κ3) is 7.21. The Labute approximate surface area is 210 Å². The third-order valence-electron chi connectivity index (χ3n) is 6.36. The second kappa shape index (κ2) is 12.4. The van der Waals surface area contributed by atoms with E-state index in [-0.39, 0.29) is 36.2 Å². The van der Waals surface area contributed by atoms with Crippen molar-refractivity contribution in [2.24, 2.45) is 0 Å². The van der Waals surface area contributed by atoms with E-state index in [0.29, 0.717) is 12.2 Å². The number of nitrogens with zero attached hydrogens (tertiary/aromatic N) is 2. The average Bonchev–Trinajstić information content (AvgIpc) is 2.89. The standard InChI is InChI=1S/C29H31F2N3O2/c30-25-12-10-22(11-13-25)21-34(29(36)24-7-5-8-26(31)20-24)27-9-4-6-23(18-27)19-28(35)32-14-17-33-15-2-1-3-16-33/h4-13,18,20H,1-3,14-17,19,21H2,(H,32,35). The molecule has 0 spiro atoms. The molecule has 0 unspecified atom stereocenters. The maximum absolute atomic E-state index is 13.8. The number of nitrogens with one attached hydrogen (secondary N) is 1. The van der Waals surface area contributed by atoms with Crippen LogP contribution >= 0.6 is 0 Å². The smallest absolute Gasteiger partial charge is 0.258 e. The molecule has 0 radical (unpaired) electrons. The van der Waals surface area contributed by atoms with Gasteiger partial charge in [0.05, 0.1) is 13.0 Å². The van der Waals surface area contributed by atoms with E-state index in [9.17, 15) is 18.4 Å². The number of rotatable bonds is 9. The van der Waals surface area contributed by atoms with E-state index in [2.05, 4.69) is 10.2 Å². The monoisotopic (exact) mass is 491 g/mol. The molecule has 3 aromatic carbocycles. The fourth-order valence-electron chi connectivity index (χ4n) is 4.45. The van der Waals surface area contributed by atoms with Crippen molar-refractivity contribution >= 4 is 17.5 Å². The molecule has 7 heteroatoms. The lowest BCUT2D eigenvalue weighted by Crippen LogP contribution is -2.38. The molecule has 1 N–H and O–H groups in total. The van der Waals surface area contributed by atoms with E-state index in [0.717, 1.165) is 30.8 Å². The highest BCUT2D eigenvalue weighted by Crippen LogP contribution is 2.23. The number of anilines is 1. The molecule has 0 atom stereocenters. The van der Waals surface area contributed by atoms with Crippen LogP contribution in [-0.4, -0.2) is 42.9 Å². The molecular formula is C29H31F2N3O2. The molecule has 1 aliphatic heterocycles. The van der Waals surface area contributed by atoms with Crippen LogP contribution in [0.25, 0.3) is 0 Å². The first kappa shape index (κ1) is 25.5. The summed E-state index contributed by atoms with van der Waals surface area (Å²) >= 11 is 0. The van der Waals surface area contributed by atoms with Crippen molar-refractivity contribution in [2.45, 2.75) is 32.2 Å². The Hall–Kier alpha value is -3.58. The minimum Gasteiger partial charge on any atom is -0.355 e. The van der Waals surface area contributed by atoms with Gasteiger partial charge in [0, 0.05) is 24.3 Å². The molecule has 1 heterocycles. The van der Waals surface area contributed by atoms with Crippen molar-refractivity contribution in [1.29, 1.82) is 0 Å². The highest BCUT2D eigenvalue weighted by Gasteiger charge is 2.20. The SMILES string of the molecule is O=C(Cc1cccc(N(Cc2ccc(F)cc2)C(=O)c2cccc(F)c2)c1)NCCN1CCCCC1. The molecule has 1 saturated heterocycles. The second-order valence-electron chi connectivity index (χ2n) is 9.13. The summed E-state index contributed by atoms with van der Waals surface area (Å²) in [5.74, 6) is -1.33. The Morgan fingerprint density at radius 3 is 2.33 bits per heavy atom. The van der Waals surface area contributed by atoms with Gasteiger partial charge in [0.25, 0.3) is 5.91 Å². The molecule has 4 rings (SSSR count). The fraction of sp³-hybridized carbons (Fsp3) is 0.310. The van der Waals surface area contributed by atoms with Crippen LogP contribution < -0.4 is 10.2 Å². The normalized spacial score (nSPS) is 13.8. The van der Waals surface area contributed by atoms with Crippen molar-refractivity contribution in [3.05, 3.63) is 101 Å². The summed E-state index contributed by atoms with van der Waals surface area (Å²) in [5, 5.41) is 2.99. The van der Waals surface area contributed by atoms with Crippen molar-refractivity contribution in [1.82, 2.24) is 10.2 Å². The number of piperidine rings is 1. The number of amides is 2. The van der Waals surface area contributed by atoms with E-state index in [1.54, 1.807) is 36.4 Å². The molecule has 2 amide bonds. The Balaban J connectivity index is 1.47. The maximum atomic E-state index is 13.8. The molecular weight excluding hydrogens is 460 g/mol. The molecule has 0 bridgehead atoms. The summed E-state index contributed by atoms with van der Waals surface area (Å²) in [6, 6.07) is 18.6. The zero-order valence-corrected chi connectivity index (χ0v) is 20.3. The summed E-state index contributed by atoms with van der Waals surface area (Å²) in [6.45, 7) is 3.79. The molecule has 0 aliphatic carbocycles. The first-order valence-electron chi connectivity index (χ1n) is 12.4. The van der Waals surface area contributed by atoms with Gasteiger partial charge in [-0.15, -0.1) is 0 Å². The average molecular weight is 492 g/mol. The zero-order valence-electron chi connectivity index (χ0n) is 20.3. The van der Waals surface area contributed by atoms with Crippen molar-refractivity contribution in [3.63, 3.8) is 0 Å². The van der Waals surface area contributed by atoms with Crippen LogP contribution in [0.2, 0.25) is 0 Å². The van der Waals surface area contributed by atoms with Gasteiger partial charge in [-0.1, -0.05) is 36.8 Å². The van der Waals surface area contributed by atoms with Gasteiger partial charge in [-0.05, 0) is 79.5 Å². The Morgan fingerprint density at radius 1 is 0.833 bits per heavy atom. The molecule has 1 aliphatic rings. The van der Waals surface area contributed by atoms with Gasteiger partial charge in [-0.3, -0.25) is 9.59 Å². The van der Waals surface area contributed by atoms with Gasteiger partial charge in [0.1, 0.15) is 11.6 Å². The molecule has 1 fully saturated rings. The molecule has 36 heavy (non-hydrogen) atoms. The van der Waals surface area contributed by atoms with Crippen LogP contribution in [0.5, 0.6) is 0 Å². The van der Waals surface area contributed by atoms with Crippen molar-refractivity contribution in [3.8, 4) is 0 Å². The molecule has 188 valence electrons. The van der Waals surface area contributed by atoms with Gasteiger partial charge in [0.2, 0.25) is 5.91 Å². The van der Waals surface area contributed by atoms with Crippen LogP contribution in [0, 0.1) is 11.6 Å². The Morgan fingerprint density at radius 2 is 1.58 bits per heavy atom. The van der Waals surface area contributed by atoms with Crippen molar-refractivity contribution < 1.29 is 18.4 Å². The van der Waals surface area contributed by atoms with Crippen LogP contribution in [0.4, 0.5) is 14.5 Å². The van der Waals surface area contributed by atoms with Gasteiger partial charge in [-0.2, -0.15) is 0 Å². The molecule has 3 aromatic rings. The number of likely N-dealkylation sites (tertiary alicyclic amines) is 1. The topological polar surface area (TPSA) is 52.7 Å². The van der Waals surface area contributed by atoms with Crippen LogP contribution in [-0.2, 0) is 17.8 Å². The van der Waals surface area contributed by atoms with E-state index >= 15 is 0 Å². The highest BCUT2D eigenvalue weighted by atomic mass is 19.1. The van der Waals surface area contributed by atoms with Crippen molar-refractivity contribution in [2.75, 3.05) is 31.1 Å². The number of carbonyl (C=O) groups is 2. The fourth-order valence-corrected chi connectivity index (χ4v) is 4.45. The summed E-state index contributed by atoms with van der Waals surface area (Å²) < 4.78 is 27.3. The predicted octanol–water partition coefficient (Wildman–Crippen LogP) is 4.96. The van der Waals surface area contributed by atoms with Gasteiger partial charge in [-0.25, -0.2) is 8.78 Å². The number of carbonyl (C=O) groups excluding carboxylic acids is 2. The number of halogens is 2. The summed E-state index contributed by atoms with van der Waals surface area (Å²) in [5.41, 5.74) is 2.27. The van der Waals surface area contributed by atoms with E-state index < -0.39 is 5.82 Å². The quantitative estimate of drug-likeness (QED) is 0.461. The number of hydrogen-bond donors (Lipinski definition) is 1. The number of benzene rings is 3. The van der Waals surface area contributed by atoms with Crippen LogP contribution in [0.3, 0.4) is 0 Å². The largest absolute Gasteiger partial charge is 0.355 e. The first-order chi connectivity index (χ1) is 17.5. The Kier molecular flexibility index (Phi) is 8.79. The zero-order chi connectivity index (χ0) is 25.3. The highest BCUT2D eigenvalue weighted by molar-refractivity contribution is 6.06. The second-order valence-corrected chi connectivity index (χ2v) is 9.13. The number of hydrogen-bond acceptors (Lipinski definition) is 3. The predicted molar refractivity (Wildman–Crippen MR) is 137 cm³/mol. The van der Waals surface area contributed by atoms with E-state index in [4.69, 9.17) is 0 Å². The Bertz CT molecular complexity index is 1180.